The van der Waals surface area contributed by atoms with Gasteiger partial charge in [-0.2, -0.15) is 0 Å². The van der Waals surface area contributed by atoms with Gasteiger partial charge in [0, 0.05) is 32.6 Å². The van der Waals surface area contributed by atoms with Crippen molar-refractivity contribution in [3.05, 3.63) is 239 Å². The number of carbonyl (C=O) groups is 8. The van der Waals surface area contributed by atoms with Crippen LogP contribution >= 0.6 is 0 Å². The van der Waals surface area contributed by atoms with Gasteiger partial charge in [-0.15, -0.1) is 0 Å². The highest BCUT2D eigenvalue weighted by atomic mass is 16.6. The van der Waals surface area contributed by atoms with E-state index in [1.807, 2.05) is 197 Å². The van der Waals surface area contributed by atoms with Gasteiger partial charge in [0.1, 0.15) is 50.6 Å². The molecule has 0 saturated carbocycles. The predicted octanol–water partition coefficient (Wildman–Crippen LogP) is 15.6. The van der Waals surface area contributed by atoms with Crippen LogP contribution < -0.4 is 9.47 Å². The van der Waals surface area contributed by atoms with Crippen molar-refractivity contribution in [1.29, 1.82) is 0 Å². The maximum absolute atomic E-state index is 12.6. The van der Waals surface area contributed by atoms with Crippen LogP contribution in [0.25, 0.3) is 0 Å². The monoisotopic (exact) mass is 1490 g/mol. The fourth-order valence-corrected chi connectivity index (χ4v) is 12.9. The van der Waals surface area contributed by atoms with Gasteiger partial charge in [-0.05, 0) is 153 Å². The summed E-state index contributed by atoms with van der Waals surface area (Å²) in [5, 5.41) is 0. The summed E-state index contributed by atoms with van der Waals surface area (Å²) < 4.78 is 53.9. The SMILES string of the molecule is COc1cc(CCCOC(=O)[C@@H]2CCCCN2C(=O)OCC(C)C)cc(C)c1OC.O=C(OCCCc1ccccc1)[C@@H]1CCCCN1C(=O)OCc1ccccc1.O=C(OCCc1ccccc1)[C@@H]1CCCN1C(=O)OCc1ccccc1.O=C(OCc1ccccc1)[C@@H]1CCCN1C(=O)OCc1ccccc1. The number of rotatable bonds is 27. The van der Waals surface area contributed by atoms with Gasteiger partial charge in [-0.1, -0.05) is 202 Å². The molecular weight excluding hydrogens is 1390 g/mol. The number of amides is 4. The number of likely N-dealkylation sites (tertiary alicyclic amines) is 4. The third kappa shape index (κ3) is 28.3. The van der Waals surface area contributed by atoms with Crippen molar-refractivity contribution in [3.8, 4) is 11.5 Å². The van der Waals surface area contributed by atoms with Crippen LogP contribution in [0.3, 0.4) is 0 Å². The summed E-state index contributed by atoms with van der Waals surface area (Å²) in [6.07, 6.45) is 9.49. The molecule has 0 bridgehead atoms. The van der Waals surface area contributed by atoms with Crippen molar-refractivity contribution < 1.29 is 85.7 Å². The van der Waals surface area contributed by atoms with Gasteiger partial charge in [0.2, 0.25) is 0 Å². The lowest BCUT2D eigenvalue weighted by molar-refractivity contribution is -0.151. The molecule has 4 saturated heterocycles. The molecule has 0 aromatic heterocycles. The van der Waals surface area contributed by atoms with Crippen molar-refractivity contribution >= 4 is 48.3 Å². The van der Waals surface area contributed by atoms with Gasteiger partial charge >= 0.3 is 48.3 Å². The normalized spacial score (nSPS) is 16.4. The van der Waals surface area contributed by atoms with Crippen molar-refractivity contribution in [2.75, 3.05) is 66.8 Å². The highest BCUT2D eigenvalue weighted by Crippen LogP contribution is 2.33. The molecule has 0 N–H and O–H groups in total. The number of ether oxygens (including phenoxy) is 10. The van der Waals surface area contributed by atoms with E-state index in [4.69, 9.17) is 47.4 Å². The van der Waals surface area contributed by atoms with E-state index in [9.17, 15) is 38.4 Å². The van der Waals surface area contributed by atoms with E-state index in [2.05, 4.69) is 18.2 Å². The third-order valence-electron chi connectivity index (χ3n) is 18.7. The van der Waals surface area contributed by atoms with E-state index in [1.165, 1.54) is 25.2 Å². The topological polar surface area (TPSA) is 242 Å². The van der Waals surface area contributed by atoms with Gasteiger partial charge < -0.3 is 47.4 Å². The summed E-state index contributed by atoms with van der Waals surface area (Å²) in [7, 11) is 3.24. The van der Waals surface area contributed by atoms with E-state index < -0.39 is 48.5 Å². The van der Waals surface area contributed by atoms with Crippen molar-refractivity contribution in [2.45, 2.75) is 168 Å². The smallest absolute Gasteiger partial charge is 0.410 e. The Morgan fingerprint density at radius 1 is 0.339 bits per heavy atom. The van der Waals surface area contributed by atoms with Crippen LogP contribution in [0.4, 0.5) is 19.2 Å². The number of aryl methyl sites for hydroxylation is 3. The minimum Gasteiger partial charge on any atom is -0.493 e. The minimum absolute atomic E-state index is 0.196. The van der Waals surface area contributed by atoms with Crippen molar-refractivity contribution in [1.82, 2.24) is 19.6 Å². The minimum atomic E-state index is -0.563. The van der Waals surface area contributed by atoms with Crippen LogP contribution in [-0.4, -0.2) is 159 Å². The molecule has 4 fully saturated rings. The van der Waals surface area contributed by atoms with E-state index in [-0.39, 0.29) is 56.2 Å². The molecule has 4 aliphatic rings. The molecule has 7 aromatic carbocycles. The highest BCUT2D eigenvalue weighted by Gasteiger charge is 2.39. The van der Waals surface area contributed by atoms with Gasteiger partial charge in [0.05, 0.1) is 40.6 Å². The Labute approximate surface area is 641 Å². The number of hydrogen-bond acceptors (Lipinski definition) is 18. The Morgan fingerprint density at radius 3 is 1.02 bits per heavy atom. The molecule has 7 aromatic rings. The van der Waals surface area contributed by atoms with Crippen molar-refractivity contribution in [3.63, 3.8) is 0 Å². The fraction of sp³-hybridized carbons (Fsp3) is 0.425. The number of methoxy groups -OCH3 is 2. The molecule has 4 aliphatic heterocycles. The maximum atomic E-state index is 12.6. The Hall–Kier alpha value is -10.9. The Kier molecular flexibility index (Phi) is 35.6. The van der Waals surface area contributed by atoms with Crippen LogP contribution in [0.1, 0.15) is 135 Å². The van der Waals surface area contributed by atoms with Gasteiger partial charge in [-0.25, -0.2) is 38.4 Å². The second kappa shape index (κ2) is 46.3. The molecule has 22 nitrogen and oxygen atoms in total. The molecule has 0 unspecified atom stereocenters. The van der Waals surface area contributed by atoms with E-state index >= 15 is 0 Å². The molecule has 4 amide bonds. The molecule has 0 spiro atoms. The van der Waals surface area contributed by atoms with Crippen LogP contribution in [0.2, 0.25) is 0 Å². The lowest BCUT2D eigenvalue weighted by Gasteiger charge is -2.33. The zero-order valence-corrected chi connectivity index (χ0v) is 63.6. The lowest BCUT2D eigenvalue weighted by Crippen LogP contribution is -2.49. The first kappa shape index (κ1) is 83.7. The number of carbonyl (C=O) groups excluding carboxylic acids is 8. The molecule has 22 heteroatoms. The summed E-state index contributed by atoms with van der Waals surface area (Å²) in [6.45, 7) is 10.2. The molecule has 0 aliphatic carbocycles. The van der Waals surface area contributed by atoms with Gasteiger partial charge in [-0.3, -0.25) is 19.6 Å². The third-order valence-corrected chi connectivity index (χ3v) is 18.7. The molecule has 11 rings (SSSR count). The summed E-state index contributed by atoms with van der Waals surface area (Å²) in [5.74, 6) is 0.276. The molecule has 4 atom stereocenters. The first-order chi connectivity index (χ1) is 53.1. The van der Waals surface area contributed by atoms with Crippen LogP contribution in [0, 0.1) is 12.8 Å². The fourth-order valence-electron chi connectivity index (χ4n) is 12.9. The number of nitrogens with zero attached hydrogens (tertiary/aromatic N) is 4. The zero-order chi connectivity index (χ0) is 77.4. The Bertz CT molecular complexity index is 3830. The average molecular weight is 1500 g/mol. The Balaban J connectivity index is 0.000000183. The summed E-state index contributed by atoms with van der Waals surface area (Å²) in [6, 6.07) is 59.7. The molecular formula is C87H106N4O18. The maximum Gasteiger partial charge on any atom is 0.410 e. The molecule has 4 heterocycles. The molecule has 109 heavy (non-hydrogen) atoms. The van der Waals surface area contributed by atoms with Gasteiger partial charge in [0.25, 0.3) is 0 Å². The predicted molar refractivity (Wildman–Crippen MR) is 411 cm³/mol. The number of benzene rings is 7. The van der Waals surface area contributed by atoms with E-state index in [1.54, 1.807) is 14.2 Å². The van der Waals surface area contributed by atoms with E-state index in [0.717, 1.165) is 102 Å². The number of esters is 4. The summed E-state index contributed by atoms with van der Waals surface area (Å²) in [5.41, 5.74) is 8.12. The zero-order valence-electron chi connectivity index (χ0n) is 63.6. The lowest BCUT2D eigenvalue weighted by atomic mass is 10.0. The molecule has 582 valence electrons. The van der Waals surface area contributed by atoms with Crippen molar-refractivity contribution in [2.24, 2.45) is 5.92 Å². The second-order valence-electron chi connectivity index (χ2n) is 27.4. The van der Waals surface area contributed by atoms with E-state index in [0.29, 0.717) is 96.9 Å². The van der Waals surface area contributed by atoms with Crippen LogP contribution in [-0.2, 0) is 103 Å². The highest BCUT2D eigenvalue weighted by molar-refractivity contribution is 5.84. The van der Waals surface area contributed by atoms with Crippen LogP contribution in [0.5, 0.6) is 11.5 Å². The number of hydrogen-bond donors (Lipinski definition) is 0. The second-order valence-corrected chi connectivity index (χ2v) is 27.4. The number of piperidine rings is 2. The largest absolute Gasteiger partial charge is 0.493 e. The first-order valence-corrected chi connectivity index (χ1v) is 37.9. The standard InChI is InChI=1S/C23H35NO6.C23H27NO4.C21H23NO4.C20H21NO4/c1-16(2)15-30-23(26)24-11-7-6-10-19(24)22(25)29-12-8-9-18-13-17(3)21(28-5)20(14-18)27-4;25-22(27-17-9-14-19-10-3-1-4-11-19)21-15-7-8-16-24(21)23(26)28-18-20-12-5-2-6-13-20;23-20(25-15-13-17-8-3-1-4-9-17)19-12-7-14-22(19)21(24)26-16-18-10-5-2-6-11-18;22-19(24-14-16-8-3-1-4-9-16)18-12-7-13-21(18)20(23)25-15-17-10-5-2-6-11-17/h13-14,16,19H,6-12,15H2,1-5H3;1-6,10-13,21H,7-9,14-18H2;1-6,8-11,19H,7,12-16H2;1-6,8-11,18H,7,12-15H2/t19-;21-;19-;18-/m0000/s1. The van der Waals surface area contributed by atoms with Gasteiger partial charge in [0.15, 0.2) is 11.5 Å². The summed E-state index contributed by atoms with van der Waals surface area (Å²) in [4.78, 5) is 105. The Morgan fingerprint density at radius 2 is 0.651 bits per heavy atom. The average Bonchev–Trinajstić information content (AvgIpc) is 1.53. The quantitative estimate of drug-likeness (QED) is 0.0264. The van der Waals surface area contributed by atoms with Crippen LogP contribution in [0.15, 0.2) is 194 Å². The summed E-state index contributed by atoms with van der Waals surface area (Å²) >= 11 is 0. The first-order valence-electron chi connectivity index (χ1n) is 37.9. The molecule has 0 radical (unpaired) electrons.